The number of hydrogen-bond donors (Lipinski definition) is 9. The minimum absolute atomic E-state index is 0.0366. The maximum atomic E-state index is 10.7. The van der Waals surface area contributed by atoms with Crippen molar-refractivity contribution in [2.24, 2.45) is 0 Å². The number of phenolic OH excluding ortho intramolecular Hbond substituents is 3. The highest BCUT2D eigenvalue weighted by Gasteiger charge is 2.48. The quantitative estimate of drug-likeness (QED) is 0.182. The van der Waals surface area contributed by atoms with E-state index in [0.29, 0.717) is 5.56 Å². The number of hydrogen-bond acceptors (Lipinski definition) is 15. The molecule has 2 fully saturated rings. The molecule has 2 aromatic rings. The number of fused-ring (bicyclic) bond motifs is 1. The van der Waals surface area contributed by atoms with Crippen LogP contribution in [0.3, 0.4) is 0 Å². The van der Waals surface area contributed by atoms with Crippen molar-refractivity contribution in [2.45, 2.75) is 74.4 Å². The highest BCUT2D eigenvalue weighted by molar-refractivity contribution is 5.69. The van der Waals surface area contributed by atoms with Crippen molar-refractivity contribution in [1.29, 1.82) is 0 Å². The number of methoxy groups -OCH3 is 1. The zero-order valence-electron chi connectivity index (χ0n) is 23.0. The molecule has 43 heavy (non-hydrogen) atoms. The molecule has 2 saturated heterocycles. The Bertz CT molecular complexity index is 1330. The predicted octanol–water partition coefficient (Wildman–Crippen LogP) is -1.05. The van der Waals surface area contributed by atoms with Crippen LogP contribution in [0.4, 0.5) is 0 Å². The van der Waals surface area contributed by atoms with Gasteiger partial charge in [0.15, 0.2) is 23.9 Å². The monoisotopic (exact) mass is 610 g/mol. The van der Waals surface area contributed by atoms with Crippen LogP contribution in [-0.4, -0.2) is 121 Å². The Morgan fingerprint density at radius 3 is 2.19 bits per heavy atom. The lowest BCUT2D eigenvalue weighted by Gasteiger charge is -2.43. The molecule has 0 spiro atoms. The topological polar surface area (TPSA) is 237 Å². The van der Waals surface area contributed by atoms with E-state index in [-0.39, 0.29) is 40.1 Å². The van der Waals surface area contributed by atoms with Crippen LogP contribution in [0, 0.1) is 0 Å². The molecule has 11 atom stereocenters. The van der Waals surface area contributed by atoms with Gasteiger partial charge in [0.1, 0.15) is 65.7 Å². The van der Waals surface area contributed by atoms with Crippen LogP contribution < -0.4 is 9.47 Å². The average Bonchev–Trinajstić information content (AvgIpc) is 2.98. The zero-order chi connectivity index (χ0) is 31.2. The minimum atomic E-state index is -1.79. The maximum Gasteiger partial charge on any atom is 0.228 e. The van der Waals surface area contributed by atoms with E-state index in [0.717, 1.165) is 6.07 Å². The summed E-state index contributed by atoms with van der Waals surface area (Å²) in [5.74, 6) is -0.623. The third kappa shape index (κ3) is 6.04. The standard InChI is InChI=1S/C28H34O15/c1-10-20(32)22(34)24(36)27(40-10)39-9-19-21(33)23(35)25(37)28(43-19)42-18-8-13-15(31)6-12(29)7-16(13)41-26(18)11-3-4-14(30)17(5-11)38-2/h3-8,10,19-37H,9H2,1-2H3. The van der Waals surface area contributed by atoms with E-state index in [2.05, 4.69) is 0 Å². The van der Waals surface area contributed by atoms with E-state index in [1.165, 1.54) is 44.4 Å². The summed E-state index contributed by atoms with van der Waals surface area (Å²) in [4.78, 5) is 0. The van der Waals surface area contributed by atoms with Gasteiger partial charge in [-0.15, -0.1) is 0 Å². The number of benzene rings is 2. The summed E-state index contributed by atoms with van der Waals surface area (Å²) in [6.45, 7) is 0.961. The third-order valence-corrected chi connectivity index (χ3v) is 7.56. The highest BCUT2D eigenvalue weighted by Crippen LogP contribution is 2.45. The van der Waals surface area contributed by atoms with Crippen molar-refractivity contribution >= 4 is 6.08 Å². The Kier molecular flexibility index (Phi) is 8.89. The number of aromatic hydroxyl groups is 3. The van der Waals surface area contributed by atoms with Crippen molar-refractivity contribution in [3.63, 3.8) is 0 Å². The van der Waals surface area contributed by atoms with E-state index >= 15 is 0 Å². The first-order valence-corrected chi connectivity index (χ1v) is 13.4. The van der Waals surface area contributed by atoms with E-state index in [4.69, 9.17) is 28.4 Å². The first-order valence-electron chi connectivity index (χ1n) is 13.4. The van der Waals surface area contributed by atoms with Gasteiger partial charge in [0.2, 0.25) is 6.29 Å². The van der Waals surface area contributed by atoms with Crippen LogP contribution in [0.5, 0.6) is 28.7 Å². The fourth-order valence-corrected chi connectivity index (χ4v) is 5.06. The number of phenols is 3. The van der Waals surface area contributed by atoms with Gasteiger partial charge in [-0.25, -0.2) is 0 Å². The molecule has 0 bridgehead atoms. The van der Waals surface area contributed by atoms with Crippen LogP contribution in [0.15, 0.2) is 36.1 Å². The summed E-state index contributed by atoms with van der Waals surface area (Å²) in [7, 11) is 1.35. The van der Waals surface area contributed by atoms with E-state index in [9.17, 15) is 46.0 Å². The molecular weight excluding hydrogens is 576 g/mol. The molecule has 3 heterocycles. The van der Waals surface area contributed by atoms with Gasteiger partial charge in [-0.05, 0) is 25.1 Å². The minimum Gasteiger partial charge on any atom is -0.508 e. The van der Waals surface area contributed by atoms with Crippen LogP contribution in [0.2, 0.25) is 0 Å². The van der Waals surface area contributed by atoms with Crippen molar-refractivity contribution in [3.05, 3.63) is 47.2 Å². The molecule has 0 amide bonds. The second kappa shape index (κ2) is 12.3. The molecule has 0 radical (unpaired) electrons. The number of aliphatic hydroxyl groups excluding tert-OH is 6. The Labute approximate surface area is 244 Å². The third-order valence-electron chi connectivity index (χ3n) is 7.56. The Morgan fingerprint density at radius 1 is 0.767 bits per heavy atom. The molecule has 11 unspecified atom stereocenters. The Hall–Kier alpha value is -3.38. The summed E-state index contributed by atoms with van der Waals surface area (Å²) < 4.78 is 33.8. The SMILES string of the molecule is COc1cc(C2Oc3cc(O)cc(O)c3C=C2OC2OC(COC3OC(C)C(O)C(O)C3O)C(O)C(O)C2O)ccc1O. The molecule has 2 aromatic carbocycles. The van der Waals surface area contributed by atoms with Gasteiger partial charge in [0.05, 0.1) is 25.4 Å². The Balaban J connectivity index is 1.40. The highest BCUT2D eigenvalue weighted by atomic mass is 16.7. The van der Waals surface area contributed by atoms with Gasteiger partial charge in [0.25, 0.3) is 0 Å². The number of aliphatic hydroxyl groups is 6. The summed E-state index contributed by atoms with van der Waals surface area (Å²) in [5.41, 5.74) is 0.511. The molecule has 236 valence electrons. The van der Waals surface area contributed by atoms with Gasteiger partial charge in [-0.3, -0.25) is 0 Å². The molecular formula is C28H34O15. The van der Waals surface area contributed by atoms with Gasteiger partial charge in [-0.2, -0.15) is 0 Å². The number of rotatable bonds is 7. The largest absolute Gasteiger partial charge is 0.508 e. The van der Waals surface area contributed by atoms with Gasteiger partial charge in [0, 0.05) is 17.7 Å². The molecule has 0 saturated carbocycles. The van der Waals surface area contributed by atoms with Crippen LogP contribution in [0.25, 0.3) is 6.08 Å². The Morgan fingerprint density at radius 2 is 1.47 bits per heavy atom. The average molecular weight is 611 g/mol. The summed E-state index contributed by atoms with van der Waals surface area (Å²) in [5, 5.41) is 92.6. The molecule has 0 aromatic heterocycles. The fraction of sp³-hybridized carbons (Fsp3) is 0.500. The second-order valence-corrected chi connectivity index (χ2v) is 10.5. The molecule has 3 aliphatic heterocycles. The smallest absolute Gasteiger partial charge is 0.228 e. The van der Waals surface area contributed by atoms with Crippen LogP contribution in [0.1, 0.15) is 24.2 Å². The number of ether oxygens (including phenoxy) is 6. The molecule has 15 nitrogen and oxygen atoms in total. The normalized spacial score (nSPS) is 35.8. The van der Waals surface area contributed by atoms with E-state index < -0.39 is 74.1 Å². The van der Waals surface area contributed by atoms with Crippen LogP contribution in [-0.2, 0) is 18.9 Å². The molecule has 15 heteroatoms. The van der Waals surface area contributed by atoms with Gasteiger partial charge >= 0.3 is 0 Å². The van der Waals surface area contributed by atoms with E-state index in [1.807, 2.05) is 0 Å². The van der Waals surface area contributed by atoms with Crippen molar-refractivity contribution in [3.8, 4) is 28.7 Å². The fourth-order valence-electron chi connectivity index (χ4n) is 5.06. The molecule has 3 aliphatic rings. The summed E-state index contributed by atoms with van der Waals surface area (Å²) in [6.07, 6.45) is -14.8. The van der Waals surface area contributed by atoms with Crippen molar-refractivity contribution in [1.82, 2.24) is 0 Å². The first kappa shape index (κ1) is 31.1. The summed E-state index contributed by atoms with van der Waals surface area (Å²) in [6, 6.07) is 6.66. The van der Waals surface area contributed by atoms with Crippen molar-refractivity contribution in [2.75, 3.05) is 13.7 Å². The lowest BCUT2D eigenvalue weighted by Crippen LogP contribution is -2.61. The first-order chi connectivity index (χ1) is 20.4. The second-order valence-electron chi connectivity index (χ2n) is 10.5. The predicted molar refractivity (Wildman–Crippen MR) is 142 cm³/mol. The summed E-state index contributed by atoms with van der Waals surface area (Å²) >= 11 is 0. The van der Waals surface area contributed by atoms with E-state index in [1.54, 1.807) is 0 Å². The van der Waals surface area contributed by atoms with Gasteiger partial charge in [-0.1, -0.05) is 6.07 Å². The lowest BCUT2D eigenvalue weighted by atomic mass is 9.98. The lowest BCUT2D eigenvalue weighted by molar-refractivity contribution is -0.324. The van der Waals surface area contributed by atoms with Crippen LogP contribution >= 0.6 is 0 Å². The maximum absolute atomic E-state index is 10.7. The van der Waals surface area contributed by atoms with Gasteiger partial charge < -0.3 is 74.4 Å². The molecule has 5 rings (SSSR count). The molecule has 9 N–H and O–H groups in total. The molecule has 0 aliphatic carbocycles. The zero-order valence-corrected chi connectivity index (χ0v) is 23.0. The van der Waals surface area contributed by atoms with Crippen molar-refractivity contribution < 1.29 is 74.4 Å².